The summed E-state index contributed by atoms with van der Waals surface area (Å²) in [5.74, 6) is -0.592. The van der Waals surface area contributed by atoms with Crippen molar-refractivity contribution in [3.8, 4) is 11.5 Å². The molecule has 1 aliphatic rings. The Hall–Kier alpha value is -5.09. The summed E-state index contributed by atoms with van der Waals surface area (Å²) in [5.41, 5.74) is 7.43. The van der Waals surface area contributed by atoms with Crippen LogP contribution in [0, 0.1) is 0 Å². The van der Waals surface area contributed by atoms with Crippen molar-refractivity contribution in [1.82, 2.24) is 0 Å². The highest BCUT2D eigenvalue weighted by molar-refractivity contribution is 8.00. The second kappa shape index (κ2) is 12.4. The third-order valence-corrected chi connectivity index (χ3v) is 7.23. The van der Waals surface area contributed by atoms with Crippen molar-refractivity contribution in [1.29, 1.82) is 0 Å². The number of nitrogens with two attached hydrogens (primary N) is 1. The highest BCUT2D eigenvalue weighted by Gasteiger charge is 2.40. The molecule has 4 aromatic rings. The Morgan fingerprint density at radius 2 is 1.59 bits per heavy atom. The number of rotatable bonds is 9. The summed E-state index contributed by atoms with van der Waals surface area (Å²) in [5, 5.41) is 2.09. The van der Waals surface area contributed by atoms with Gasteiger partial charge in [0.2, 0.25) is 11.8 Å². The minimum atomic E-state index is -0.715. The number of imide groups is 1. The van der Waals surface area contributed by atoms with Crippen LogP contribution in [-0.4, -0.2) is 35.5 Å². The molecule has 0 aromatic heterocycles. The number of carbonyl (C=O) groups is 4. The van der Waals surface area contributed by atoms with E-state index in [2.05, 4.69) is 5.32 Å². The van der Waals surface area contributed by atoms with Gasteiger partial charge >= 0.3 is 5.97 Å². The number of ether oxygens (including phenoxy) is 2. The van der Waals surface area contributed by atoms with Crippen molar-refractivity contribution in [3.63, 3.8) is 0 Å². The van der Waals surface area contributed by atoms with Gasteiger partial charge in [-0.3, -0.25) is 14.4 Å². The van der Waals surface area contributed by atoms with E-state index >= 15 is 0 Å². The summed E-state index contributed by atoms with van der Waals surface area (Å²) in [6, 6.07) is 29.1. The van der Waals surface area contributed by atoms with Gasteiger partial charge in [0, 0.05) is 22.7 Å². The summed E-state index contributed by atoms with van der Waals surface area (Å²) >= 11 is 1.28. The summed E-state index contributed by atoms with van der Waals surface area (Å²) in [6.45, 7) is -0.491. The molecule has 3 amide bonds. The first-order valence-corrected chi connectivity index (χ1v) is 13.5. The maximum absolute atomic E-state index is 13.0. The third kappa shape index (κ3) is 6.92. The average Bonchev–Trinajstić information content (AvgIpc) is 3.25. The van der Waals surface area contributed by atoms with Gasteiger partial charge in [-0.1, -0.05) is 24.3 Å². The Morgan fingerprint density at radius 3 is 2.29 bits per heavy atom. The van der Waals surface area contributed by atoms with Crippen molar-refractivity contribution in [2.24, 2.45) is 0 Å². The SMILES string of the molecule is Nc1cccc(SC2CC(=O)N(c3ccc(C(=O)OCC(=O)Nc4ccc(Oc5ccccc5)cc4)cc3)C2=O)c1. The van der Waals surface area contributed by atoms with E-state index in [-0.39, 0.29) is 23.8 Å². The van der Waals surface area contributed by atoms with Gasteiger partial charge in [0.05, 0.1) is 16.5 Å². The van der Waals surface area contributed by atoms with Crippen molar-refractivity contribution < 1.29 is 28.7 Å². The van der Waals surface area contributed by atoms with Gasteiger partial charge in [0.15, 0.2) is 6.61 Å². The first-order chi connectivity index (χ1) is 19.9. The molecule has 0 saturated carbocycles. The minimum Gasteiger partial charge on any atom is -0.457 e. The normalized spacial score (nSPS) is 14.5. The Morgan fingerprint density at radius 1 is 0.878 bits per heavy atom. The molecule has 0 radical (unpaired) electrons. The van der Waals surface area contributed by atoms with Crippen LogP contribution in [0.4, 0.5) is 17.1 Å². The number of carbonyl (C=O) groups excluding carboxylic acids is 4. The number of thioether (sulfide) groups is 1. The average molecular weight is 568 g/mol. The molecule has 9 nitrogen and oxygen atoms in total. The Kier molecular flexibility index (Phi) is 8.31. The number of nitrogens with one attached hydrogen (secondary N) is 1. The van der Waals surface area contributed by atoms with Gasteiger partial charge in [-0.15, -0.1) is 11.8 Å². The number of nitrogens with zero attached hydrogens (tertiary/aromatic N) is 1. The molecule has 4 aromatic carbocycles. The molecule has 1 unspecified atom stereocenters. The molecule has 10 heteroatoms. The van der Waals surface area contributed by atoms with E-state index in [9.17, 15) is 19.2 Å². The number of amides is 3. The largest absolute Gasteiger partial charge is 0.457 e. The highest BCUT2D eigenvalue weighted by Crippen LogP contribution is 2.34. The van der Waals surface area contributed by atoms with Crippen LogP contribution in [-0.2, 0) is 19.1 Å². The standard InChI is InChI=1S/C31H25N3O6S/c32-21-5-4-8-26(17-21)41-27-18-29(36)34(30(27)37)23-13-9-20(10-14-23)31(38)39-19-28(35)33-22-11-15-25(16-12-22)40-24-6-2-1-3-7-24/h1-17,27H,18-19,32H2,(H,33,35). The van der Waals surface area contributed by atoms with Gasteiger partial charge in [-0.05, 0) is 78.9 Å². The Balaban J connectivity index is 1.11. The van der Waals surface area contributed by atoms with E-state index < -0.39 is 23.7 Å². The third-order valence-electron chi connectivity index (χ3n) is 6.05. The van der Waals surface area contributed by atoms with Gasteiger partial charge in [0.25, 0.3) is 5.91 Å². The monoisotopic (exact) mass is 567 g/mol. The van der Waals surface area contributed by atoms with Crippen LogP contribution < -0.4 is 20.7 Å². The molecule has 0 spiro atoms. The van der Waals surface area contributed by atoms with E-state index in [1.54, 1.807) is 42.5 Å². The molecule has 0 bridgehead atoms. The summed E-state index contributed by atoms with van der Waals surface area (Å²) in [6.07, 6.45) is 0.0555. The van der Waals surface area contributed by atoms with Crippen molar-refractivity contribution >= 4 is 52.5 Å². The predicted octanol–water partition coefficient (Wildman–Crippen LogP) is 5.28. The van der Waals surface area contributed by atoms with Crippen LogP contribution in [0.15, 0.2) is 108 Å². The first-order valence-electron chi connectivity index (χ1n) is 12.6. The summed E-state index contributed by atoms with van der Waals surface area (Å²) < 4.78 is 10.9. The second-order valence-corrected chi connectivity index (χ2v) is 10.3. The lowest BCUT2D eigenvalue weighted by atomic mass is 10.2. The molecule has 0 aliphatic carbocycles. The molecule has 1 saturated heterocycles. The lowest BCUT2D eigenvalue weighted by Crippen LogP contribution is -2.31. The minimum absolute atomic E-state index is 0.0555. The van der Waals surface area contributed by atoms with E-state index in [4.69, 9.17) is 15.2 Å². The van der Waals surface area contributed by atoms with Crippen LogP contribution in [0.5, 0.6) is 11.5 Å². The van der Waals surface area contributed by atoms with Gasteiger partial charge < -0.3 is 20.5 Å². The zero-order valence-corrected chi connectivity index (χ0v) is 22.5. The predicted molar refractivity (Wildman–Crippen MR) is 156 cm³/mol. The number of anilines is 3. The van der Waals surface area contributed by atoms with Crippen molar-refractivity contribution in [2.75, 3.05) is 22.6 Å². The number of hydrogen-bond donors (Lipinski definition) is 2. The highest BCUT2D eigenvalue weighted by atomic mass is 32.2. The van der Waals surface area contributed by atoms with E-state index in [1.165, 1.54) is 36.0 Å². The maximum Gasteiger partial charge on any atom is 0.338 e. The molecule has 5 rings (SSSR count). The van der Waals surface area contributed by atoms with Gasteiger partial charge in [-0.2, -0.15) is 0 Å². The zero-order chi connectivity index (χ0) is 28.8. The van der Waals surface area contributed by atoms with Gasteiger partial charge in [0.1, 0.15) is 11.5 Å². The number of nitrogen functional groups attached to an aromatic ring is 1. The number of esters is 1. The fourth-order valence-corrected chi connectivity index (χ4v) is 5.23. The molecule has 3 N–H and O–H groups in total. The summed E-state index contributed by atoms with van der Waals surface area (Å²) in [4.78, 5) is 52.3. The zero-order valence-electron chi connectivity index (χ0n) is 21.7. The fraction of sp³-hybridized carbons (Fsp3) is 0.0968. The number of hydrogen-bond acceptors (Lipinski definition) is 8. The van der Waals surface area contributed by atoms with Crippen molar-refractivity contribution in [2.45, 2.75) is 16.6 Å². The Labute approximate surface area is 240 Å². The van der Waals surface area contributed by atoms with Gasteiger partial charge in [-0.25, -0.2) is 9.69 Å². The van der Waals surface area contributed by atoms with Crippen molar-refractivity contribution in [3.05, 3.63) is 109 Å². The smallest absolute Gasteiger partial charge is 0.338 e. The molecule has 1 aliphatic heterocycles. The van der Waals surface area contributed by atoms with Crippen LogP contribution >= 0.6 is 11.8 Å². The quantitative estimate of drug-likeness (QED) is 0.159. The number of para-hydroxylation sites is 1. The topological polar surface area (TPSA) is 128 Å². The second-order valence-electron chi connectivity index (χ2n) is 9.06. The number of benzene rings is 4. The lowest BCUT2D eigenvalue weighted by Gasteiger charge is -2.15. The molecule has 1 heterocycles. The molecule has 1 fully saturated rings. The van der Waals surface area contributed by atoms with Crippen LogP contribution in [0.1, 0.15) is 16.8 Å². The first kappa shape index (κ1) is 27.5. The summed E-state index contributed by atoms with van der Waals surface area (Å²) in [7, 11) is 0. The fourth-order valence-electron chi connectivity index (χ4n) is 4.11. The van der Waals surface area contributed by atoms with Crippen LogP contribution in [0.3, 0.4) is 0 Å². The van der Waals surface area contributed by atoms with E-state index in [0.717, 1.165) is 9.80 Å². The van der Waals surface area contributed by atoms with Crippen LogP contribution in [0.2, 0.25) is 0 Å². The molecule has 206 valence electrons. The lowest BCUT2D eigenvalue weighted by molar-refractivity contribution is -0.121. The van der Waals surface area contributed by atoms with E-state index in [1.807, 2.05) is 36.4 Å². The Bertz CT molecular complexity index is 1580. The molecular weight excluding hydrogens is 542 g/mol. The molecule has 41 heavy (non-hydrogen) atoms. The van der Waals surface area contributed by atoms with Crippen LogP contribution in [0.25, 0.3) is 0 Å². The molecule has 1 atom stereocenters. The molecular formula is C31H25N3O6S. The maximum atomic E-state index is 13.0. The van der Waals surface area contributed by atoms with E-state index in [0.29, 0.717) is 28.6 Å².